The zero-order chi connectivity index (χ0) is 14.8. The van der Waals surface area contributed by atoms with Crippen LogP contribution in [0.1, 0.15) is 0 Å². The van der Waals surface area contributed by atoms with Crippen LogP contribution in [0, 0.1) is 0 Å². The molecule has 7 heteroatoms. The maximum Gasteiger partial charge on any atom is 0.313 e. The third kappa shape index (κ3) is 5.68. The molecule has 0 saturated carbocycles. The van der Waals surface area contributed by atoms with Gasteiger partial charge in [-0.15, -0.1) is 0 Å². The largest absolute Gasteiger partial charge is 0.497 e. The van der Waals surface area contributed by atoms with Crippen LogP contribution in [0.2, 0.25) is 0 Å². The molecular formula is C13H18N2O5. The fraction of sp³-hybridized carbons (Fsp3) is 0.385. The number of nitrogens with one attached hydrogen (secondary N) is 2. The van der Waals surface area contributed by atoms with E-state index in [2.05, 4.69) is 10.6 Å². The van der Waals surface area contributed by atoms with E-state index < -0.39 is 11.8 Å². The highest BCUT2D eigenvalue weighted by molar-refractivity contribution is 6.39. The minimum absolute atomic E-state index is 0.0775. The number of aliphatic hydroxyl groups is 1. The first-order chi connectivity index (χ1) is 9.67. The lowest BCUT2D eigenvalue weighted by Gasteiger charge is -2.07. The lowest BCUT2D eigenvalue weighted by atomic mass is 10.3. The maximum absolute atomic E-state index is 11.6. The summed E-state index contributed by atoms with van der Waals surface area (Å²) in [6.45, 7) is 0.566. The van der Waals surface area contributed by atoms with E-state index in [1.54, 1.807) is 31.4 Å². The van der Waals surface area contributed by atoms with Gasteiger partial charge in [0, 0.05) is 12.2 Å². The zero-order valence-electron chi connectivity index (χ0n) is 11.2. The van der Waals surface area contributed by atoms with Gasteiger partial charge in [0.2, 0.25) is 0 Å². The number of carbonyl (C=O) groups excluding carboxylic acids is 2. The molecule has 3 N–H and O–H groups in total. The molecule has 0 heterocycles. The number of aliphatic hydroxyl groups excluding tert-OH is 1. The Morgan fingerprint density at radius 3 is 2.45 bits per heavy atom. The molecule has 0 atom stereocenters. The molecule has 0 fully saturated rings. The van der Waals surface area contributed by atoms with Crippen molar-refractivity contribution in [2.24, 2.45) is 0 Å². The molecule has 0 aliphatic carbocycles. The number of carbonyl (C=O) groups is 2. The van der Waals surface area contributed by atoms with Gasteiger partial charge in [-0.05, 0) is 24.3 Å². The number of rotatable bonds is 7. The Morgan fingerprint density at radius 1 is 1.15 bits per heavy atom. The van der Waals surface area contributed by atoms with Crippen LogP contribution in [0.4, 0.5) is 5.69 Å². The van der Waals surface area contributed by atoms with Crippen molar-refractivity contribution in [1.29, 1.82) is 0 Å². The summed E-state index contributed by atoms with van der Waals surface area (Å²) in [6.07, 6.45) is 0. The topological polar surface area (TPSA) is 96.9 Å². The highest BCUT2D eigenvalue weighted by atomic mass is 16.5. The van der Waals surface area contributed by atoms with E-state index in [0.717, 1.165) is 0 Å². The van der Waals surface area contributed by atoms with Gasteiger partial charge in [0.05, 0.1) is 26.9 Å². The Kier molecular flexibility index (Phi) is 7.08. The molecule has 110 valence electrons. The molecule has 1 aromatic carbocycles. The fourth-order valence-electron chi connectivity index (χ4n) is 1.35. The Balaban J connectivity index is 2.31. The molecule has 2 amide bonds. The first kappa shape index (κ1) is 15.9. The third-order valence-corrected chi connectivity index (χ3v) is 2.32. The van der Waals surface area contributed by atoms with Crippen molar-refractivity contribution in [3.63, 3.8) is 0 Å². The summed E-state index contributed by atoms with van der Waals surface area (Å²) in [6, 6.07) is 6.62. The van der Waals surface area contributed by atoms with Gasteiger partial charge >= 0.3 is 11.8 Å². The van der Waals surface area contributed by atoms with E-state index in [4.69, 9.17) is 14.6 Å². The maximum atomic E-state index is 11.6. The second kappa shape index (κ2) is 8.89. The van der Waals surface area contributed by atoms with Crippen molar-refractivity contribution in [3.05, 3.63) is 24.3 Å². The number of ether oxygens (including phenoxy) is 2. The highest BCUT2D eigenvalue weighted by Gasteiger charge is 2.12. The van der Waals surface area contributed by atoms with Crippen molar-refractivity contribution in [1.82, 2.24) is 5.32 Å². The number of methoxy groups -OCH3 is 1. The molecule has 0 aliphatic heterocycles. The quantitative estimate of drug-likeness (QED) is 0.474. The van der Waals surface area contributed by atoms with Gasteiger partial charge in [0.1, 0.15) is 5.75 Å². The van der Waals surface area contributed by atoms with Gasteiger partial charge in [-0.1, -0.05) is 0 Å². The number of hydrogen-bond donors (Lipinski definition) is 3. The average molecular weight is 282 g/mol. The van der Waals surface area contributed by atoms with E-state index in [1.807, 2.05) is 0 Å². The molecule has 20 heavy (non-hydrogen) atoms. The van der Waals surface area contributed by atoms with Crippen LogP contribution in [-0.4, -0.2) is 50.4 Å². The molecular weight excluding hydrogens is 264 g/mol. The van der Waals surface area contributed by atoms with Gasteiger partial charge in [-0.3, -0.25) is 9.59 Å². The highest BCUT2D eigenvalue weighted by Crippen LogP contribution is 2.14. The Labute approximate surface area is 116 Å². The summed E-state index contributed by atoms with van der Waals surface area (Å²) in [5.74, 6) is -0.834. The summed E-state index contributed by atoms with van der Waals surface area (Å²) >= 11 is 0. The Morgan fingerprint density at radius 2 is 1.85 bits per heavy atom. The first-order valence-corrected chi connectivity index (χ1v) is 6.09. The average Bonchev–Trinajstić information content (AvgIpc) is 2.47. The van der Waals surface area contributed by atoms with Crippen molar-refractivity contribution >= 4 is 17.5 Å². The monoisotopic (exact) mass is 282 g/mol. The van der Waals surface area contributed by atoms with Gasteiger partial charge in [-0.25, -0.2) is 0 Å². The van der Waals surface area contributed by atoms with Crippen LogP contribution in [-0.2, 0) is 14.3 Å². The summed E-state index contributed by atoms with van der Waals surface area (Å²) in [7, 11) is 1.54. The Hall–Kier alpha value is -2.12. The van der Waals surface area contributed by atoms with Crippen molar-refractivity contribution in [2.75, 3.05) is 38.8 Å². The summed E-state index contributed by atoms with van der Waals surface area (Å²) < 4.78 is 9.93. The van der Waals surface area contributed by atoms with E-state index in [0.29, 0.717) is 11.4 Å². The van der Waals surface area contributed by atoms with E-state index in [9.17, 15) is 9.59 Å². The smallest absolute Gasteiger partial charge is 0.313 e. The molecule has 0 unspecified atom stereocenters. The molecule has 0 spiro atoms. The molecule has 1 rings (SSSR count). The van der Waals surface area contributed by atoms with Crippen LogP contribution in [0.25, 0.3) is 0 Å². The summed E-state index contributed by atoms with van der Waals surface area (Å²) in [4.78, 5) is 23.0. The minimum atomic E-state index is -0.752. The molecule has 0 saturated heterocycles. The molecule has 0 aliphatic rings. The van der Waals surface area contributed by atoms with Crippen molar-refractivity contribution in [2.45, 2.75) is 0 Å². The Bertz CT molecular complexity index is 433. The number of anilines is 1. The van der Waals surface area contributed by atoms with Gasteiger partial charge in [0.25, 0.3) is 0 Å². The van der Waals surface area contributed by atoms with E-state index in [-0.39, 0.29) is 26.4 Å². The minimum Gasteiger partial charge on any atom is -0.497 e. The lowest BCUT2D eigenvalue weighted by molar-refractivity contribution is -0.136. The van der Waals surface area contributed by atoms with Crippen LogP contribution in [0.3, 0.4) is 0 Å². The molecule has 0 radical (unpaired) electrons. The second-order valence-electron chi connectivity index (χ2n) is 3.77. The summed E-state index contributed by atoms with van der Waals surface area (Å²) in [5, 5.41) is 13.3. The number of amides is 2. The van der Waals surface area contributed by atoms with E-state index in [1.165, 1.54) is 0 Å². The van der Waals surface area contributed by atoms with Crippen LogP contribution in [0.5, 0.6) is 5.75 Å². The van der Waals surface area contributed by atoms with Gasteiger partial charge in [0.15, 0.2) is 0 Å². The summed E-state index contributed by atoms with van der Waals surface area (Å²) in [5.41, 5.74) is 0.502. The predicted molar refractivity (Wildman–Crippen MR) is 72.5 cm³/mol. The fourth-order valence-corrected chi connectivity index (χ4v) is 1.35. The normalized spacial score (nSPS) is 9.90. The van der Waals surface area contributed by atoms with Gasteiger partial charge < -0.3 is 25.2 Å². The number of hydrogen-bond acceptors (Lipinski definition) is 5. The molecule has 0 aromatic heterocycles. The molecule has 0 bridgehead atoms. The lowest BCUT2D eigenvalue weighted by Crippen LogP contribution is -2.37. The van der Waals surface area contributed by atoms with Crippen LogP contribution >= 0.6 is 0 Å². The SMILES string of the molecule is COc1ccc(NC(=O)C(=O)NCCOCCO)cc1. The third-order valence-electron chi connectivity index (χ3n) is 2.32. The van der Waals surface area contributed by atoms with Crippen molar-refractivity contribution < 1.29 is 24.2 Å². The van der Waals surface area contributed by atoms with Crippen LogP contribution < -0.4 is 15.4 Å². The van der Waals surface area contributed by atoms with Gasteiger partial charge in [-0.2, -0.15) is 0 Å². The van der Waals surface area contributed by atoms with Crippen molar-refractivity contribution in [3.8, 4) is 5.75 Å². The zero-order valence-corrected chi connectivity index (χ0v) is 11.2. The van der Waals surface area contributed by atoms with E-state index >= 15 is 0 Å². The predicted octanol–water partition coefficient (Wildman–Crippen LogP) is -0.241. The first-order valence-electron chi connectivity index (χ1n) is 6.09. The van der Waals surface area contributed by atoms with Crippen LogP contribution in [0.15, 0.2) is 24.3 Å². The second-order valence-corrected chi connectivity index (χ2v) is 3.77. The molecule has 7 nitrogen and oxygen atoms in total. The molecule has 1 aromatic rings. The number of benzene rings is 1. The standard InChI is InChI=1S/C13H18N2O5/c1-19-11-4-2-10(3-5-11)15-13(18)12(17)14-6-8-20-9-7-16/h2-5,16H,6-9H2,1H3,(H,14,17)(H,15,18).